The molecule has 0 radical (unpaired) electrons. The zero-order valence-electron chi connectivity index (χ0n) is 18.8. The second-order valence-electron chi connectivity index (χ2n) is 7.88. The quantitative estimate of drug-likeness (QED) is 0.231. The predicted octanol–water partition coefficient (Wildman–Crippen LogP) is 6.90. The van der Waals surface area contributed by atoms with Crippen molar-refractivity contribution in [3.8, 4) is 17.1 Å². The average Bonchev–Trinajstić information content (AvgIpc) is 3.34. The molecule has 1 aliphatic rings. The minimum Gasteiger partial charge on any atom is -0.278 e. The lowest BCUT2D eigenvalue weighted by Crippen LogP contribution is -2.30. The van der Waals surface area contributed by atoms with Gasteiger partial charge in [-0.05, 0) is 48.5 Å². The van der Waals surface area contributed by atoms with Crippen molar-refractivity contribution in [2.24, 2.45) is 0 Å². The van der Waals surface area contributed by atoms with Gasteiger partial charge in [0.2, 0.25) is 5.91 Å². The summed E-state index contributed by atoms with van der Waals surface area (Å²) in [5.74, 6) is 0.761. The van der Waals surface area contributed by atoms with E-state index in [9.17, 15) is 4.79 Å². The summed E-state index contributed by atoms with van der Waals surface area (Å²) >= 11 is 9.58. The number of nitrogens with zero attached hydrogens (tertiary/aromatic N) is 5. The Morgan fingerprint density at radius 1 is 0.806 bits per heavy atom. The Hall–Kier alpha value is -3.59. The van der Waals surface area contributed by atoms with E-state index in [1.54, 1.807) is 29.1 Å². The van der Waals surface area contributed by atoms with E-state index in [0.29, 0.717) is 16.0 Å². The Kier molecular flexibility index (Phi) is 6.23. The predicted molar refractivity (Wildman–Crippen MR) is 144 cm³/mol. The molecule has 0 spiro atoms. The van der Waals surface area contributed by atoms with Gasteiger partial charge < -0.3 is 0 Å². The number of amides is 1. The SMILES string of the molecule is O=C(CSc1nnc(-c2ccncc2)n1-c1ccccc1Cl)N1c2ccccc2Sc2ccccc21. The molecule has 0 atom stereocenters. The maximum absolute atomic E-state index is 13.7. The molecule has 0 N–H and O–H groups in total. The Bertz CT molecular complexity index is 1530. The van der Waals surface area contributed by atoms with Crippen LogP contribution in [0.5, 0.6) is 0 Å². The van der Waals surface area contributed by atoms with Gasteiger partial charge in [0, 0.05) is 27.7 Å². The van der Waals surface area contributed by atoms with Gasteiger partial charge in [-0.3, -0.25) is 19.2 Å². The highest BCUT2D eigenvalue weighted by atomic mass is 35.5. The minimum atomic E-state index is -0.0423. The molecule has 3 aromatic carbocycles. The minimum absolute atomic E-state index is 0.0423. The van der Waals surface area contributed by atoms with Crippen molar-refractivity contribution in [3.63, 3.8) is 0 Å². The maximum atomic E-state index is 13.7. The van der Waals surface area contributed by atoms with Gasteiger partial charge in [-0.15, -0.1) is 10.2 Å². The number of halogens is 1. The third kappa shape index (κ3) is 4.17. The molecule has 1 aliphatic heterocycles. The number of hydrogen-bond acceptors (Lipinski definition) is 6. The van der Waals surface area contributed by atoms with E-state index in [0.717, 1.165) is 32.4 Å². The van der Waals surface area contributed by atoms with Gasteiger partial charge in [-0.1, -0.05) is 71.5 Å². The molecule has 3 heterocycles. The fourth-order valence-corrected chi connectivity index (χ4v) is 6.14. The molecule has 0 bridgehead atoms. The summed E-state index contributed by atoms with van der Waals surface area (Å²) in [6, 6.07) is 27.2. The number of benzene rings is 3. The zero-order valence-corrected chi connectivity index (χ0v) is 21.2. The summed E-state index contributed by atoms with van der Waals surface area (Å²) in [6.45, 7) is 0. The van der Waals surface area contributed by atoms with Crippen LogP contribution in [-0.2, 0) is 4.79 Å². The lowest BCUT2D eigenvalue weighted by Gasteiger charge is -2.30. The van der Waals surface area contributed by atoms with Crippen molar-refractivity contribution in [3.05, 3.63) is 102 Å². The fraction of sp³-hybridized carbons (Fsp3) is 0.0370. The lowest BCUT2D eigenvalue weighted by molar-refractivity contribution is -0.115. The number of para-hydroxylation sites is 3. The molecule has 2 aromatic heterocycles. The third-order valence-corrected chi connectivity index (χ3v) is 8.04. The van der Waals surface area contributed by atoms with Gasteiger partial charge in [0.25, 0.3) is 0 Å². The van der Waals surface area contributed by atoms with Crippen molar-refractivity contribution in [1.82, 2.24) is 19.7 Å². The first-order chi connectivity index (χ1) is 17.7. The molecular weight excluding hydrogens is 510 g/mol. The molecule has 176 valence electrons. The standard InChI is InChI=1S/C27H18ClN5OS2/c28-19-7-1-2-8-20(19)33-26(18-13-15-29-16-14-18)30-31-27(33)35-17-25(34)32-21-9-3-5-11-23(21)36-24-12-6-4-10-22(24)32/h1-16H,17H2. The first kappa shape index (κ1) is 22.8. The second-order valence-corrected chi connectivity index (χ2v) is 10.3. The van der Waals surface area contributed by atoms with Crippen LogP contribution in [-0.4, -0.2) is 31.4 Å². The van der Waals surface area contributed by atoms with Crippen LogP contribution >= 0.6 is 35.1 Å². The molecule has 1 amide bonds. The summed E-state index contributed by atoms with van der Waals surface area (Å²) in [5, 5.41) is 10.0. The highest BCUT2D eigenvalue weighted by Gasteiger charge is 2.28. The maximum Gasteiger partial charge on any atom is 0.242 e. The number of thioether (sulfide) groups is 1. The van der Waals surface area contributed by atoms with E-state index < -0.39 is 0 Å². The van der Waals surface area contributed by atoms with Crippen LogP contribution in [0.15, 0.2) is 112 Å². The van der Waals surface area contributed by atoms with Crippen molar-refractivity contribution >= 4 is 52.4 Å². The van der Waals surface area contributed by atoms with Crippen LogP contribution in [0.25, 0.3) is 17.1 Å². The van der Waals surface area contributed by atoms with E-state index in [1.165, 1.54) is 11.8 Å². The first-order valence-electron chi connectivity index (χ1n) is 11.1. The summed E-state index contributed by atoms with van der Waals surface area (Å²) in [5.41, 5.74) is 3.37. The number of carbonyl (C=O) groups excluding carboxylic acids is 1. The number of anilines is 2. The molecule has 6 rings (SSSR count). The number of hydrogen-bond donors (Lipinski definition) is 0. The fourth-order valence-electron chi connectivity index (χ4n) is 4.07. The molecule has 5 aromatic rings. The molecule has 36 heavy (non-hydrogen) atoms. The van der Waals surface area contributed by atoms with Crippen LogP contribution in [0.3, 0.4) is 0 Å². The highest BCUT2D eigenvalue weighted by molar-refractivity contribution is 8.00. The van der Waals surface area contributed by atoms with Crippen LogP contribution < -0.4 is 4.90 Å². The molecular formula is C27H18ClN5OS2. The van der Waals surface area contributed by atoms with E-state index in [1.807, 2.05) is 89.5 Å². The van der Waals surface area contributed by atoms with E-state index in [4.69, 9.17) is 11.6 Å². The van der Waals surface area contributed by atoms with E-state index in [-0.39, 0.29) is 11.7 Å². The van der Waals surface area contributed by atoms with Gasteiger partial charge in [0.05, 0.1) is 27.8 Å². The summed E-state index contributed by atoms with van der Waals surface area (Å²) in [7, 11) is 0. The van der Waals surface area contributed by atoms with Gasteiger partial charge in [-0.25, -0.2) is 0 Å². The molecule has 0 saturated carbocycles. The van der Waals surface area contributed by atoms with Crippen molar-refractivity contribution in [1.29, 1.82) is 0 Å². The molecule has 6 nitrogen and oxygen atoms in total. The number of rotatable bonds is 5. The summed E-state index contributed by atoms with van der Waals surface area (Å²) < 4.78 is 1.89. The van der Waals surface area contributed by atoms with E-state index >= 15 is 0 Å². The monoisotopic (exact) mass is 527 g/mol. The molecule has 0 aliphatic carbocycles. The normalized spacial score (nSPS) is 12.2. The number of fused-ring (bicyclic) bond motifs is 2. The van der Waals surface area contributed by atoms with E-state index in [2.05, 4.69) is 15.2 Å². The van der Waals surface area contributed by atoms with Gasteiger partial charge >= 0.3 is 0 Å². The van der Waals surface area contributed by atoms with Gasteiger partial charge in [0.1, 0.15) is 0 Å². The largest absolute Gasteiger partial charge is 0.278 e. The molecule has 0 fully saturated rings. The third-order valence-electron chi connectivity index (χ3n) is 5.67. The van der Waals surface area contributed by atoms with Gasteiger partial charge in [-0.2, -0.15) is 0 Å². The first-order valence-corrected chi connectivity index (χ1v) is 13.3. The van der Waals surface area contributed by atoms with Crippen LogP contribution in [0.2, 0.25) is 5.02 Å². The topological polar surface area (TPSA) is 63.9 Å². The molecule has 0 unspecified atom stereocenters. The smallest absolute Gasteiger partial charge is 0.242 e. The average molecular weight is 528 g/mol. The van der Waals surface area contributed by atoms with Crippen molar-refractivity contribution < 1.29 is 4.79 Å². The van der Waals surface area contributed by atoms with Crippen LogP contribution in [0.4, 0.5) is 11.4 Å². The summed E-state index contributed by atoms with van der Waals surface area (Å²) in [4.78, 5) is 21.7. The highest BCUT2D eigenvalue weighted by Crippen LogP contribution is 2.48. The Balaban J connectivity index is 1.36. The van der Waals surface area contributed by atoms with Crippen LogP contribution in [0, 0.1) is 0 Å². The van der Waals surface area contributed by atoms with Crippen LogP contribution in [0.1, 0.15) is 0 Å². The lowest BCUT2D eigenvalue weighted by atomic mass is 10.2. The van der Waals surface area contributed by atoms with Gasteiger partial charge in [0.15, 0.2) is 11.0 Å². The zero-order chi connectivity index (χ0) is 24.5. The van der Waals surface area contributed by atoms with Crippen molar-refractivity contribution in [2.75, 3.05) is 10.7 Å². The second kappa shape index (κ2) is 9.81. The summed E-state index contributed by atoms with van der Waals surface area (Å²) in [6.07, 6.45) is 3.42. The Morgan fingerprint density at radius 2 is 1.42 bits per heavy atom. The Morgan fingerprint density at radius 3 is 2.08 bits per heavy atom. The number of pyridine rings is 1. The number of aromatic nitrogens is 4. The Labute approximate surface area is 221 Å². The van der Waals surface area contributed by atoms with Crippen molar-refractivity contribution in [2.45, 2.75) is 14.9 Å². The number of carbonyl (C=O) groups is 1. The molecule has 0 saturated heterocycles. The molecule has 9 heteroatoms.